The van der Waals surface area contributed by atoms with E-state index in [0.29, 0.717) is 5.82 Å². The van der Waals surface area contributed by atoms with E-state index < -0.39 is 0 Å². The molecule has 0 spiro atoms. The van der Waals surface area contributed by atoms with E-state index in [0.717, 1.165) is 32.6 Å². The standard InChI is InChI=1S/C16H13ClN2/c1-10-15(11-6-8-12(17)9-7-11)13-4-2-3-5-14(13)19-16(10)18/h2-9H,1H3,(H2,18,19)/p+1. The highest BCUT2D eigenvalue weighted by Crippen LogP contribution is 2.32. The van der Waals surface area contributed by atoms with Gasteiger partial charge >= 0.3 is 0 Å². The van der Waals surface area contributed by atoms with E-state index in [9.17, 15) is 0 Å². The number of H-pyrrole nitrogens is 1. The van der Waals surface area contributed by atoms with E-state index in [1.165, 1.54) is 0 Å². The van der Waals surface area contributed by atoms with Gasteiger partial charge in [0.25, 0.3) is 5.82 Å². The van der Waals surface area contributed by atoms with Crippen LogP contribution in [0.25, 0.3) is 22.0 Å². The third kappa shape index (κ3) is 2.04. The number of benzene rings is 2. The van der Waals surface area contributed by atoms with Gasteiger partial charge in [-0.1, -0.05) is 41.9 Å². The van der Waals surface area contributed by atoms with Gasteiger partial charge in [0.2, 0.25) is 0 Å². The van der Waals surface area contributed by atoms with E-state index >= 15 is 0 Å². The molecule has 2 nitrogen and oxygen atoms in total. The molecule has 94 valence electrons. The van der Waals surface area contributed by atoms with Crippen LogP contribution in [0.5, 0.6) is 0 Å². The first kappa shape index (κ1) is 12.0. The van der Waals surface area contributed by atoms with Crippen molar-refractivity contribution in [1.29, 1.82) is 0 Å². The largest absolute Gasteiger partial charge is 0.287 e. The summed E-state index contributed by atoms with van der Waals surface area (Å²) >= 11 is 5.96. The predicted octanol–water partition coefficient (Wildman–Crippen LogP) is 3.86. The number of hydrogen-bond donors (Lipinski definition) is 1. The Morgan fingerprint density at radius 3 is 2.42 bits per heavy atom. The molecule has 1 heterocycles. The lowest BCUT2D eigenvalue weighted by Crippen LogP contribution is -2.14. The van der Waals surface area contributed by atoms with Gasteiger partial charge in [-0.3, -0.25) is 5.73 Å². The van der Waals surface area contributed by atoms with Crippen molar-refractivity contribution in [3.05, 3.63) is 59.1 Å². The summed E-state index contributed by atoms with van der Waals surface area (Å²) in [5.74, 6) is 0.698. The maximum Gasteiger partial charge on any atom is 0.274 e. The first-order chi connectivity index (χ1) is 9.16. The maximum absolute atomic E-state index is 6.07. The monoisotopic (exact) mass is 269 g/mol. The Morgan fingerprint density at radius 1 is 1.00 bits per heavy atom. The molecule has 0 amide bonds. The first-order valence-corrected chi connectivity index (χ1v) is 6.50. The number of fused-ring (bicyclic) bond motifs is 1. The Labute approximate surface area is 116 Å². The van der Waals surface area contributed by atoms with Crippen molar-refractivity contribution in [2.45, 2.75) is 6.92 Å². The molecular weight excluding hydrogens is 256 g/mol. The first-order valence-electron chi connectivity index (χ1n) is 6.13. The van der Waals surface area contributed by atoms with Crippen LogP contribution < -0.4 is 10.7 Å². The van der Waals surface area contributed by atoms with Gasteiger partial charge in [0.1, 0.15) is 5.52 Å². The molecule has 3 N–H and O–H groups in total. The zero-order valence-electron chi connectivity index (χ0n) is 10.6. The van der Waals surface area contributed by atoms with Crippen LogP contribution in [0.3, 0.4) is 0 Å². The number of nitrogens with two attached hydrogens (primary N) is 1. The Morgan fingerprint density at radius 2 is 1.68 bits per heavy atom. The maximum atomic E-state index is 6.07. The number of nitrogen functional groups attached to an aromatic ring is 1. The summed E-state index contributed by atoms with van der Waals surface area (Å²) in [6.07, 6.45) is 0. The number of halogens is 1. The molecule has 3 aromatic rings. The minimum absolute atomic E-state index is 0.698. The Balaban J connectivity index is 2.38. The molecule has 2 aromatic carbocycles. The number of para-hydroxylation sites is 1. The fourth-order valence-electron chi connectivity index (χ4n) is 2.37. The highest BCUT2D eigenvalue weighted by Gasteiger charge is 2.14. The molecule has 0 fully saturated rings. The van der Waals surface area contributed by atoms with Crippen LogP contribution in [0.4, 0.5) is 5.82 Å². The summed E-state index contributed by atoms with van der Waals surface area (Å²) in [6.45, 7) is 2.03. The zero-order chi connectivity index (χ0) is 13.4. The fourth-order valence-corrected chi connectivity index (χ4v) is 2.50. The second-order valence-electron chi connectivity index (χ2n) is 4.59. The van der Waals surface area contributed by atoms with Gasteiger partial charge in [0.15, 0.2) is 0 Å². The molecule has 0 bridgehead atoms. The van der Waals surface area contributed by atoms with Crippen molar-refractivity contribution in [3.8, 4) is 11.1 Å². The number of anilines is 1. The summed E-state index contributed by atoms with van der Waals surface area (Å²) in [6, 6.07) is 16.0. The van der Waals surface area contributed by atoms with Gasteiger partial charge in [0, 0.05) is 21.5 Å². The van der Waals surface area contributed by atoms with E-state index in [4.69, 9.17) is 17.3 Å². The number of hydrogen-bond acceptors (Lipinski definition) is 1. The summed E-state index contributed by atoms with van der Waals surface area (Å²) in [7, 11) is 0. The van der Waals surface area contributed by atoms with Crippen molar-refractivity contribution in [1.82, 2.24) is 0 Å². The predicted molar refractivity (Wildman–Crippen MR) is 80.1 cm³/mol. The minimum atomic E-state index is 0.698. The van der Waals surface area contributed by atoms with Crippen molar-refractivity contribution >= 4 is 28.3 Å². The minimum Gasteiger partial charge on any atom is -0.287 e. The Bertz CT molecular complexity index is 749. The number of nitrogens with one attached hydrogen (secondary N) is 1. The average Bonchev–Trinajstić information content (AvgIpc) is 2.42. The number of aromatic nitrogens is 1. The second kappa shape index (κ2) is 4.56. The molecule has 0 saturated heterocycles. The Kier molecular flexibility index (Phi) is 2.88. The fraction of sp³-hybridized carbons (Fsp3) is 0.0625. The Hall–Kier alpha value is -2.06. The molecule has 0 atom stereocenters. The topological polar surface area (TPSA) is 40.2 Å². The molecule has 0 unspecified atom stereocenters. The molecule has 0 aliphatic heterocycles. The summed E-state index contributed by atoms with van der Waals surface area (Å²) < 4.78 is 0. The third-order valence-corrected chi connectivity index (χ3v) is 3.63. The lowest BCUT2D eigenvalue weighted by molar-refractivity contribution is -0.326. The highest BCUT2D eigenvalue weighted by molar-refractivity contribution is 6.30. The van der Waals surface area contributed by atoms with Crippen LogP contribution in [-0.4, -0.2) is 0 Å². The summed E-state index contributed by atoms with van der Waals surface area (Å²) in [5.41, 5.74) is 10.4. The number of aromatic amines is 1. The molecular formula is C16H14ClN2+. The van der Waals surface area contributed by atoms with E-state index in [2.05, 4.69) is 11.1 Å². The number of pyridine rings is 1. The van der Waals surface area contributed by atoms with Crippen LogP contribution >= 0.6 is 11.6 Å². The smallest absolute Gasteiger partial charge is 0.274 e. The van der Waals surface area contributed by atoms with E-state index in [-0.39, 0.29) is 0 Å². The molecule has 0 saturated carbocycles. The molecule has 0 aliphatic carbocycles. The van der Waals surface area contributed by atoms with Crippen molar-refractivity contribution < 1.29 is 4.98 Å². The molecule has 1 aromatic heterocycles. The van der Waals surface area contributed by atoms with E-state index in [1.54, 1.807) is 0 Å². The van der Waals surface area contributed by atoms with Gasteiger partial charge in [-0.05, 0) is 30.7 Å². The average molecular weight is 270 g/mol. The van der Waals surface area contributed by atoms with Crippen molar-refractivity contribution in [3.63, 3.8) is 0 Å². The zero-order valence-corrected chi connectivity index (χ0v) is 11.3. The highest BCUT2D eigenvalue weighted by atomic mass is 35.5. The van der Waals surface area contributed by atoms with Gasteiger partial charge in [0.05, 0.1) is 0 Å². The molecule has 3 rings (SSSR count). The third-order valence-electron chi connectivity index (χ3n) is 3.38. The molecule has 19 heavy (non-hydrogen) atoms. The van der Waals surface area contributed by atoms with Crippen LogP contribution in [0.15, 0.2) is 48.5 Å². The molecule has 0 radical (unpaired) electrons. The second-order valence-corrected chi connectivity index (χ2v) is 5.03. The van der Waals surface area contributed by atoms with Crippen LogP contribution in [0, 0.1) is 6.92 Å². The SMILES string of the molecule is Cc1c(N)[nH+]c2ccccc2c1-c1ccc(Cl)cc1. The van der Waals surface area contributed by atoms with Crippen LogP contribution in [-0.2, 0) is 0 Å². The van der Waals surface area contributed by atoms with Crippen LogP contribution in [0.1, 0.15) is 5.56 Å². The molecule has 0 aliphatic rings. The summed E-state index contributed by atoms with van der Waals surface area (Å²) in [4.78, 5) is 3.23. The molecule has 3 heteroatoms. The van der Waals surface area contributed by atoms with Gasteiger partial charge in [-0.25, -0.2) is 4.98 Å². The lowest BCUT2D eigenvalue weighted by Gasteiger charge is -2.09. The van der Waals surface area contributed by atoms with Crippen LogP contribution in [0.2, 0.25) is 5.02 Å². The lowest BCUT2D eigenvalue weighted by atomic mass is 9.96. The normalized spacial score (nSPS) is 10.8. The van der Waals surface area contributed by atoms with Gasteiger partial charge in [-0.15, -0.1) is 0 Å². The quantitative estimate of drug-likeness (QED) is 0.716. The van der Waals surface area contributed by atoms with Crippen molar-refractivity contribution in [2.24, 2.45) is 0 Å². The summed E-state index contributed by atoms with van der Waals surface area (Å²) in [5, 5.41) is 1.90. The van der Waals surface area contributed by atoms with Crippen molar-refractivity contribution in [2.75, 3.05) is 5.73 Å². The number of rotatable bonds is 1. The van der Waals surface area contributed by atoms with Gasteiger partial charge < -0.3 is 0 Å². The van der Waals surface area contributed by atoms with Gasteiger partial charge in [-0.2, -0.15) is 0 Å². The van der Waals surface area contributed by atoms with E-state index in [1.807, 2.05) is 49.4 Å².